The fourth-order valence-electron chi connectivity index (χ4n) is 6.26. The van der Waals surface area contributed by atoms with Gasteiger partial charge < -0.3 is 4.42 Å². The maximum absolute atomic E-state index is 6.15. The highest BCUT2D eigenvalue weighted by atomic mass is 16.3. The van der Waals surface area contributed by atoms with E-state index in [9.17, 15) is 0 Å². The Morgan fingerprint density at radius 2 is 1.31 bits per heavy atom. The van der Waals surface area contributed by atoms with Gasteiger partial charge in [-0.2, -0.15) is 0 Å². The predicted octanol–water partition coefficient (Wildman–Crippen LogP) is 7.18. The molecule has 0 aliphatic heterocycles. The normalized spacial score (nSPS) is 13.0. The molecule has 0 aliphatic rings. The molecule has 5 aromatic carbocycles. The average molecular weight is 461 g/mol. The molecule has 166 valence electrons. The number of fused-ring (bicyclic) bond motifs is 15. The van der Waals surface area contributed by atoms with Gasteiger partial charge in [-0.05, 0) is 53.2 Å². The Labute approximate surface area is 201 Å². The Balaban J connectivity index is 1.47. The van der Waals surface area contributed by atoms with E-state index in [2.05, 4.69) is 86.0 Å². The van der Waals surface area contributed by atoms with Crippen molar-refractivity contribution in [1.82, 2.24) is 23.2 Å². The van der Waals surface area contributed by atoms with Crippen molar-refractivity contribution in [3.05, 3.63) is 91.0 Å². The Kier molecular flexibility index (Phi) is 2.69. The lowest BCUT2D eigenvalue weighted by Crippen LogP contribution is -1.87. The van der Waals surface area contributed by atoms with Gasteiger partial charge in [-0.15, -0.1) is 0 Å². The number of nitrogens with zero attached hydrogens (tertiary/aromatic N) is 5. The van der Waals surface area contributed by atoms with Crippen LogP contribution in [-0.4, -0.2) is 23.2 Å². The molecule has 0 aliphatic carbocycles. The molecule has 0 N–H and O–H groups in total. The third-order valence-corrected chi connectivity index (χ3v) is 7.75. The molecule has 10 aromatic rings. The molecule has 0 radical (unpaired) electrons. The van der Waals surface area contributed by atoms with E-state index >= 15 is 0 Å². The monoisotopic (exact) mass is 461 g/mol. The first kappa shape index (κ1) is 17.4. The first-order valence-electron chi connectivity index (χ1n) is 12.0. The molecular weight excluding hydrogens is 446 g/mol. The minimum atomic E-state index is 0.856. The van der Waals surface area contributed by atoms with Crippen molar-refractivity contribution >= 4 is 82.9 Å². The minimum absolute atomic E-state index is 0.856. The number of furan rings is 1. The van der Waals surface area contributed by atoms with Gasteiger partial charge in [-0.3, -0.25) is 8.80 Å². The Morgan fingerprint density at radius 1 is 0.556 bits per heavy atom. The van der Waals surface area contributed by atoms with Crippen LogP contribution in [0.5, 0.6) is 0 Å². The Morgan fingerprint density at radius 3 is 2.19 bits per heavy atom. The van der Waals surface area contributed by atoms with Crippen molar-refractivity contribution in [2.24, 2.45) is 0 Å². The molecule has 5 aromatic heterocycles. The molecule has 6 heteroatoms. The summed E-state index contributed by atoms with van der Waals surface area (Å²) < 4.78 is 12.9. The van der Waals surface area contributed by atoms with E-state index in [0.717, 1.165) is 72.1 Å². The number of para-hydroxylation sites is 2. The standard InChI is InChI=1S/C30H15N5O/c1-2-7-17-15-23-19(14-16(17)6-1)31-29-34(23)22-10-5-9-21-28(22)35(29)30-32-27-20(33(21)30)12-13-25-26(27)18-8-3-4-11-24(18)36-25/h1-15H. The SMILES string of the molecule is c1ccc2cc3c(cc2c1)nc1n3c2cccc3c2n1c1nc2c4c(ccc2n31)oc1ccccc14. The van der Waals surface area contributed by atoms with Gasteiger partial charge in [-0.1, -0.05) is 48.5 Å². The van der Waals surface area contributed by atoms with Crippen molar-refractivity contribution in [3.63, 3.8) is 0 Å². The van der Waals surface area contributed by atoms with Crippen LogP contribution in [0.4, 0.5) is 0 Å². The Bertz CT molecular complexity index is 2540. The maximum Gasteiger partial charge on any atom is 0.223 e. The van der Waals surface area contributed by atoms with Crippen LogP contribution in [0.3, 0.4) is 0 Å². The Hall–Kier alpha value is -5.10. The molecule has 10 rings (SSSR count). The van der Waals surface area contributed by atoms with E-state index in [4.69, 9.17) is 14.4 Å². The highest BCUT2D eigenvalue weighted by Gasteiger charge is 2.24. The van der Waals surface area contributed by atoms with Crippen LogP contribution in [0.25, 0.3) is 82.9 Å². The van der Waals surface area contributed by atoms with Gasteiger partial charge >= 0.3 is 0 Å². The van der Waals surface area contributed by atoms with Crippen LogP contribution in [0, 0.1) is 0 Å². The summed E-state index contributed by atoms with van der Waals surface area (Å²) in [6.45, 7) is 0. The van der Waals surface area contributed by atoms with Gasteiger partial charge in [0.2, 0.25) is 11.6 Å². The highest BCUT2D eigenvalue weighted by Crippen LogP contribution is 2.38. The van der Waals surface area contributed by atoms with Crippen LogP contribution in [-0.2, 0) is 0 Å². The molecule has 0 bridgehead atoms. The summed E-state index contributed by atoms with van der Waals surface area (Å²) in [4.78, 5) is 10.4. The third kappa shape index (κ3) is 1.80. The maximum atomic E-state index is 6.15. The van der Waals surface area contributed by atoms with Crippen LogP contribution >= 0.6 is 0 Å². The topological polar surface area (TPSA) is 52.2 Å². The molecule has 0 unspecified atom stereocenters. The van der Waals surface area contributed by atoms with Crippen molar-refractivity contribution in [3.8, 4) is 0 Å². The summed E-state index contributed by atoms with van der Waals surface area (Å²) >= 11 is 0. The summed E-state index contributed by atoms with van der Waals surface area (Å²) in [5.41, 5.74) is 9.24. The quantitative estimate of drug-likeness (QED) is 0.240. The van der Waals surface area contributed by atoms with Crippen LogP contribution in [0.15, 0.2) is 95.4 Å². The van der Waals surface area contributed by atoms with Crippen LogP contribution < -0.4 is 0 Å². The smallest absolute Gasteiger partial charge is 0.223 e. The van der Waals surface area contributed by atoms with Crippen LogP contribution in [0.1, 0.15) is 0 Å². The lowest BCUT2D eigenvalue weighted by molar-refractivity contribution is 0.669. The van der Waals surface area contributed by atoms with E-state index in [1.165, 1.54) is 10.8 Å². The molecule has 0 saturated carbocycles. The van der Waals surface area contributed by atoms with E-state index in [-0.39, 0.29) is 0 Å². The molecule has 0 saturated heterocycles. The molecule has 0 amide bonds. The fraction of sp³-hybridized carbons (Fsp3) is 0. The first-order valence-corrected chi connectivity index (χ1v) is 12.0. The average Bonchev–Trinajstić information content (AvgIpc) is 3.68. The van der Waals surface area contributed by atoms with Gasteiger partial charge in [0.05, 0.1) is 33.0 Å². The van der Waals surface area contributed by atoms with Gasteiger partial charge in [0, 0.05) is 5.39 Å². The second kappa shape index (κ2) is 5.58. The summed E-state index contributed by atoms with van der Waals surface area (Å²) in [5.74, 6) is 1.74. The molecule has 0 fully saturated rings. The zero-order valence-corrected chi connectivity index (χ0v) is 18.8. The summed E-state index contributed by atoms with van der Waals surface area (Å²) in [6, 6.07) is 31.7. The fourth-order valence-corrected chi connectivity index (χ4v) is 6.26. The molecule has 0 spiro atoms. The van der Waals surface area contributed by atoms with Gasteiger partial charge in [-0.25, -0.2) is 14.4 Å². The van der Waals surface area contributed by atoms with E-state index in [1.807, 2.05) is 18.2 Å². The van der Waals surface area contributed by atoms with E-state index < -0.39 is 0 Å². The second-order valence-corrected chi connectivity index (χ2v) is 9.57. The van der Waals surface area contributed by atoms with E-state index in [1.54, 1.807) is 0 Å². The van der Waals surface area contributed by atoms with Crippen molar-refractivity contribution in [1.29, 1.82) is 0 Å². The summed E-state index contributed by atoms with van der Waals surface area (Å²) in [6.07, 6.45) is 0. The lowest BCUT2D eigenvalue weighted by atomic mass is 10.1. The summed E-state index contributed by atoms with van der Waals surface area (Å²) in [5, 5.41) is 4.55. The minimum Gasteiger partial charge on any atom is -0.456 e. The van der Waals surface area contributed by atoms with Gasteiger partial charge in [0.1, 0.15) is 22.2 Å². The number of hydrogen-bond donors (Lipinski definition) is 0. The second-order valence-electron chi connectivity index (χ2n) is 9.57. The lowest BCUT2D eigenvalue weighted by Gasteiger charge is -2.00. The third-order valence-electron chi connectivity index (χ3n) is 7.75. The molecule has 0 atom stereocenters. The number of aromatic nitrogens is 5. The summed E-state index contributed by atoms with van der Waals surface area (Å²) in [7, 11) is 0. The molecule has 36 heavy (non-hydrogen) atoms. The van der Waals surface area contributed by atoms with Crippen molar-refractivity contribution in [2.45, 2.75) is 0 Å². The number of benzene rings is 5. The number of imidazole rings is 4. The van der Waals surface area contributed by atoms with Gasteiger partial charge in [0.25, 0.3) is 0 Å². The van der Waals surface area contributed by atoms with Crippen molar-refractivity contribution < 1.29 is 4.42 Å². The zero-order valence-electron chi connectivity index (χ0n) is 18.8. The molecular formula is C30H15N5O. The largest absolute Gasteiger partial charge is 0.456 e. The highest BCUT2D eigenvalue weighted by molar-refractivity contribution is 6.18. The van der Waals surface area contributed by atoms with Crippen molar-refractivity contribution in [2.75, 3.05) is 0 Å². The molecule has 5 heterocycles. The number of hydrogen-bond acceptors (Lipinski definition) is 3. The first-order chi connectivity index (χ1) is 17.8. The van der Waals surface area contributed by atoms with E-state index in [0.29, 0.717) is 0 Å². The number of rotatable bonds is 0. The van der Waals surface area contributed by atoms with Crippen LogP contribution in [0.2, 0.25) is 0 Å². The zero-order chi connectivity index (χ0) is 23.1. The predicted molar refractivity (Wildman–Crippen MR) is 143 cm³/mol. The molecule has 6 nitrogen and oxygen atoms in total. The van der Waals surface area contributed by atoms with Gasteiger partial charge in [0.15, 0.2) is 0 Å².